The maximum atomic E-state index is 2.24. The molecule has 0 aliphatic heterocycles. The van der Waals surface area contributed by atoms with Gasteiger partial charge in [-0.3, -0.25) is 0 Å². The monoisotopic (exact) mass is 182 g/mol. The summed E-state index contributed by atoms with van der Waals surface area (Å²) in [6, 6.07) is 0. The van der Waals surface area contributed by atoms with E-state index in [1.54, 1.807) is 0 Å². The quantitative estimate of drug-likeness (QED) is 0.453. The van der Waals surface area contributed by atoms with Gasteiger partial charge >= 0.3 is 0 Å². The van der Waals surface area contributed by atoms with Gasteiger partial charge in [-0.05, 0) is 31.3 Å². The van der Waals surface area contributed by atoms with E-state index in [0.29, 0.717) is 0 Å². The van der Waals surface area contributed by atoms with Crippen LogP contribution in [0.4, 0.5) is 0 Å². The molecule has 0 saturated heterocycles. The first-order chi connectivity index (χ1) is 4.41. The van der Waals surface area contributed by atoms with E-state index in [2.05, 4.69) is 36.6 Å². The molecule has 0 aliphatic rings. The van der Waals surface area contributed by atoms with Crippen LogP contribution in [0.5, 0.6) is 0 Å². The summed E-state index contributed by atoms with van der Waals surface area (Å²) in [6.07, 6.45) is 2.65. The fraction of sp³-hybridized carbons (Fsp3) is 1.00. The number of hydrogen-bond acceptors (Lipinski definition) is 2. The van der Waals surface area contributed by atoms with Crippen LogP contribution in [0.2, 0.25) is 0 Å². The summed E-state index contributed by atoms with van der Waals surface area (Å²) in [5.41, 5.74) is 0. The van der Waals surface area contributed by atoms with E-state index in [0.717, 1.165) is 6.98 Å². The maximum Gasteiger partial charge on any atom is -0.00219 e. The van der Waals surface area contributed by atoms with Crippen molar-refractivity contribution in [1.29, 1.82) is 0 Å². The second-order valence-electron chi connectivity index (χ2n) is 1.78. The first-order valence-electron chi connectivity index (χ1n) is 3.40. The Morgan fingerprint density at radius 3 is 1.78 bits per heavy atom. The Morgan fingerprint density at radius 1 is 1.00 bits per heavy atom. The zero-order valence-corrected chi connectivity index (χ0v) is 8.78. The van der Waals surface area contributed by atoms with Crippen LogP contribution in [0.25, 0.3) is 0 Å². The zero-order valence-electron chi connectivity index (χ0n) is 6.14. The average Bonchev–Trinajstić information content (AvgIpc) is 1.89. The lowest BCUT2D eigenvalue weighted by Crippen LogP contribution is -1.66. The fourth-order valence-corrected chi connectivity index (χ4v) is 5.21. The molecule has 0 aliphatic carbocycles. The molecule has 0 aromatic carbocycles. The van der Waals surface area contributed by atoms with E-state index in [1.165, 1.54) is 24.3 Å². The highest BCUT2D eigenvalue weighted by Gasteiger charge is 1.85. The SMILES string of the molecule is CCCSPSCCC. The van der Waals surface area contributed by atoms with Crippen molar-refractivity contribution in [2.75, 3.05) is 11.5 Å². The van der Waals surface area contributed by atoms with E-state index in [1.807, 2.05) is 0 Å². The predicted octanol–water partition coefficient (Wildman–Crippen LogP) is 3.78. The van der Waals surface area contributed by atoms with Crippen molar-refractivity contribution in [1.82, 2.24) is 0 Å². The molecule has 0 rings (SSSR count). The summed E-state index contributed by atoms with van der Waals surface area (Å²) < 4.78 is 0. The maximum absolute atomic E-state index is 2.24. The van der Waals surface area contributed by atoms with Crippen molar-refractivity contribution in [2.24, 2.45) is 0 Å². The largest absolute Gasteiger partial charge is 0.126 e. The van der Waals surface area contributed by atoms with Gasteiger partial charge in [0.05, 0.1) is 0 Å². The Morgan fingerprint density at radius 2 is 1.44 bits per heavy atom. The first-order valence-corrected chi connectivity index (χ1v) is 7.82. The minimum Gasteiger partial charge on any atom is -0.126 e. The summed E-state index contributed by atoms with van der Waals surface area (Å²) in [5.74, 6) is 2.68. The molecule has 0 N–H and O–H groups in total. The predicted molar refractivity (Wildman–Crippen MR) is 53.8 cm³/mol. The molecule has 0 spiro atoms. The minimum atomic E-state index is 1.08. The topological polar surface area (TPSA) is 0 Å². The van der Waals surface area contributed by atoms with Gasteiger partial charge in [-0.25, -0.2) is 0 Å². The molecule has 0 radical (unpaired) electrons. The molecule has 0 aromatic heterocycles. The molecule has 0 aromatic rings. The molecule has 0 unspecified atom stereocenters. The highest BCUT2D eigenvalue weighted by Crippen LogP contribution is 2.42. The van der Waals surface area contributed by atoms with Gasteiger partial charge in [-0.1, -0.05) is 13.8 Å². The molecule has 56 valence electrons. The third kappa shape index (κ3) is 9.13. The van der Waals surface area contributed by atoms with E-state index in [-0.39, 0.29) is 0 Å². The highest BCUT2D eigenvalue weighted by molar-refractivity contribution is 8.82. The molecule has 0 fully saturated rings. The number of rotatable bonds is 6. The standard InChI is InChI=1S/C6H15PS2/c1-3-5-8-7-9-6-4-2/h7H,3-6H2,1-2H3. The summed E-state index contributed by atoms with van der Waals surface area (Å²) in [4.78, 5) is 0. The second kappa shape index (κ2) is 9.13. The van der Waals surface area contributed by atoms with Crippen LogP contribution in [-0.4, -0.2) is 11.5 Å². The summed E-state index contributed by atoms with van der Waals surface area (Å²) in [5, 5.41) is 0. The van der Waals surface area contributed by atoms with Gasteiger partial charge in [0.1, 0.15) is 0 Å². The molecule has 0 atom stereocenters. The summed E-state index contributed by atoms with van der Waals surface area (Å²) >= 11 is 4.17. The Bertz CT molecular complexity index is 44.3. The van der Waals surface area contributed by atoms with Crippen LogP contribution >= 0.6 is 29.7 Å². The van der Waals surface area contributed by atoms with Gasteiger partial charge in [0.15, 0.2) is 0 Å². The lowest BCUT2D eigenvalue weighted by atomic mass is 10.6. The van der Waals surface area contributed by atoms with E-state index in [9.17, 15) is 0 Å². The minimum absolute atomic E-state index is 1.08. The second-order valence-corrected chi connectivity index (χ2v) is 7.07. The number of hydrogen-bond donors (Lipinski definition) is 0. The van der Waals surface area contributed by atoms with Crippen LogP contribution in [0.15, 0.2) is 0 Å². The van der Waals surface area contributed by atoms with Crippen molar-refractivity contribution in [3.05, 3.63) is 0 Å². The van der Waals surface area contributed by atoms with Gasteiger partial charge in [0, 0.05) is 0 Å². The molecule has 0 heterocycles. The van der Waals surface area contributed by atoms with Crippen LogP contribution < -0.4 is 0 Å². The first kappa shape index (κ1) is 10.1. The van der Waals surface area contributed by atoms with Crippen molar-refractivity contribution in [3.8, 4) is 0 Å². The van der Waals surface area contributed by atoms with Crippen LogP contribution in [-0.2, 0) is 0 Å². The molecule has 0 nitrogen and oxygen atoms in total. The van der Waals surface area contributed by atoms with Gasteiger partial charge in [0.25, 0.3) is 0 Å². The van der Waals surface area contributed by atoms with E-state index in [4.69, 9.17) is 0 Å². The van der Waals surface area contributed by atoms with Crippen molar-refractivity contribution in [3.63, 3.8) is 0 Å². The normalized spacial score (nSPS) is 10.0. The van der Waals surface area contributed by atoms with Crippen molar-refractivity contribution >= 4 is 29.7 Å². The lowest BCUT2D eigenvalue weighted by molar-refractivity contribution is 1.11. The van der Waals surface area contributed by atoms with Crippen LogP contribution in [0.1, 0.15) is 26.7 Å². The van der Waals surface area contributed by atoms with Crippen molar-refractivity contribution < 1.29 is 0 Å². The van der Waals surface area contributed by atoms with E-state index < -0.39 is 0 Å². The third-order valence-electron chi connectivity index (χ3n) is 0.730. The van der Waals surface area contributed by atoms with Crippen LogP contribution in [0, 0.1) is 0 Å². The Hall–Kier alpha value is 1.13. The van der Waals surface area contributed by atoms with Gasteiger partial charge in [0.2, 0.25) is 0 Å². The molecular weight excluding hydrogens is 167 g/mol. The van der Waals surface area contributed by atoms with Crippen molar-refractivity contribution in [2.45, 2.75) is 26.7 Å². The summed E-state index contributed by atoms with van der Waals surface area (Å²) in [7, 11) is 0. The Kier molecular flexibility index (Phi) is 10.3. The molecular formula is C6H15PS2. The highest BCUT2D eigenvalue weighted by atomic mass is 33.1. The fourth-order valence-electron chi connectivity index (χ4n) is 0.329. The molecule has 9 heavy (non-hydrogen) atoms. The smallest absolute Gasteiger partial charge is 0.00219 e. The van der Waals surface area contributed by atoms with Crippen LogP contribution in [0.3, 0.4) is 0 Å². The Balaban J connectivity index is 2.60. The summed E-state index contributed by atoms with van der Waals surface area (Å²) in [6.45, 7) is 5.56. The molecule has 0 saturated carbocycles. The Labute approximate surface area is 68.2 Å². The molecule has 0 bridgehead atoms. The van der Waals surface area contributed by atoms with Gasteiger partial charge < -0.3 is 0 Å². The van der Waals surface area contributed by atoms with E-state index >= 15 is 0 Å². The third-order valence-corrected chi connectivity index (χ3v) is 6.24. The average molecular weight is 182 g/mol. The molecule has 3 heteroatoms. The van der Waals surface area contributed by atoms with Gasteiger partial charge in [-0.15, -0.1) is 22.8 Å². The zero-order chi connectivity index (χ0) is 6.95. The molecule has 0 amide bonds. The van der Waals surface area contributed by atoms with Gasteiger partial charge in [-0.2, -0.15) is 0 Å². The lowest BCUT2D eigenvalue weighted by Gasteiger charge is -1.96.